The third-order valence-electron chi connectivity index (χ3n) is 2.80. The van der Waals surface area contributed by atoms with Gasteiger partial charge >= 0.3 is 0 Å². The number of nitrogens with one attached hydrogen (secondary N) is 1. The minimum atomic E-state index is 0.671. The third-order valence-corrected chi connectivity index (χ3v) is 4.63. The van der Waals surface area contributed by atoms with Gasteiger partial charge in [0.1, 0.15) is 0 Å². The Hall–Kier alpha value is -0.280. The number of rotatable bonds is 4. The van der Waals surface area contributed by atoms with Gasteiger partial charge in [0, 0.05) is 23.2 Å². The Balaban J connectivity index is 1.88. The van der Waals surface area contributed by atoms with Gasteiger partial charge < -0.3 is 5.32 Å². The topological polar surface area (TPSA) is 12.0 Å². The molecule has 2 rings (SSSR count). The monoisotopic (exact) mass is 253 g/mol. The van der Waals surface area contributed by atoms with E-state index < -0.39 is 0 Å². The molecular formula is C13H19NS2. The minimum Gasteiger partial charge on any atom is -0.381 e. The summed E-state index contributed by atoms with van der Waals surface area (Å²) in [5.41, 5.74) is 2.69. The van der Waals surface area contributed by atoms with Crippen LogP contribution >= 0.6 is 23.5 Å². The number of anilines is 1. The van der Waals surface area contributed by atoms with Crippen molar-refractivity contribution in [2.24, 2.45) is 0 Å². The molecule has 88 valence electrons. The maximum atomic E-state index is 3.62. The van der Waals surface area contributed by atoms with Crippen molar-refractivity contribution in [1.82, 2.24) is 0 Å². The SMILES string of the molecule is CSCc1ccc(NC2CCCSC2)cc1. The highest BCUT2D eigenvalue weighted by Gasteiger charge is 2.12. The van der Waals surface area contributed by atoms with Gasteiger partial charge in [-0.2, -0.15) is 23.5 Å². The van der Waals surface area contributed by atoms with Crippen molar-refractivity contribution in [1.29, 1.82) is 0 Å². The largest absolute Gasteiger partial charge is 0.381 e. The second-order valence-corrected chi connectivity index (χ2v) is 6.20. The van der Waals surface area contributed by atoms with E-state index >= 15 is 0 Å². The standard InChI is InChI=1S/C13H19NS2/c1-15-9-11-4-6-12(7-5-11)14-13-3-2-8-16-10-13/h4-7,13-14H,2-3,8-10H2,1H3. The summed E-state index contributed by atoms with van der Waals surface area (Å²) < 4.78 is 0. The third kappa shape index (κ3) is 3.63. The first kappa shape index (κ1) is 12.2. The molecule has 0 aliphatic carbocycles. The van der Waals surface area contributed by atoms with Gasteiger partial charge in [-0.1, -0.05) is 12.1 Å². The van der Waals surface area contributed by atoms with E-state index in [1.165, 1.54) is 35.6 Å². The van der Waals surface area contributed by atoms with Gasteiger partial charge in [-0.3, -0.25) is 0 Å². The van der Waals surface area contributed by atoms with Gasteiger partial charge in [-0.25, -0.2) is 0 Å². The molecule has 1 heterocycles. The van der Waals surface area contributed by atoms with Crippen LogP contribution in [0.2, 0.25) is 0 Å². The van der Waals surface area contributed by atoms with Crippen molar-refractivity contribution < 1.29 is 0 Å². The highest BCUT2D eigenvalue weighted by atomic mass is 32.2. The lowest BCUT2D eigenvalue weighted by Crippen LogP contribution is -2.25. The van der Waals surface area contributed by atoms with Gasteiger partial charge in [-0.05, 0) is 42.5 Å². The molecule has 1 saturated heterocycles. The predicted molar refractivity (Wildman–Crippen MR) is 77.6 cm³/mol. The maximum Gasteiger partial charge on any atom is 0.0352 e. The van der Waals surface area contributed by atoms with E-state index in [0.29, 0.717) is 6.04 Å². The molecule has 16 heavy (non-hydrogen) atoms. The average molecular weight is 253 g/mol. The Kier molecular flexibility index (Phi) is 4.91. The van der Waals surface area contributed by atoms with Crippen LogP contribution in [0.3, 0.4) is 0 Å². The molecule has 0 radical (unpaired) electrons. The Labute approximate surface area is 107 Å². The first-order chi connectivity index (χ1) is 7.88. The van der Waals surface area contributed by atoms with Crippen LogP contribution in [0.25, 0.3) is 0 Å². The van der Waals surface area contributed by atoms with Gasteiger partial charge in [-0.15, -0.1) is 0 Å². The Morgan fingerprint density at radius 2 is 2.19 bits per heavy atom. The fourth-order valence-electron chi connectivity index (χ4n) is 1.95. The van der Waals surface area contributed by atoms with E-state index in [-0.39, 0.29) is 0 Å². The second-order valence-electron chi connectivity index (χ2n) is 4.19. The predicted octanol–water partition coefficient (Wildman–Crippen LogP) is 3.86. The first-order valence-electron chi connectivity index (χ1n) is 5.80. The Morgan fingerprint density at radius 1 is 1.38 bits per heavy atom. The molecule has 0 saturated carbocycles. The van der Waals surface area contributed by atoms with E-state index in [1.807, 2.05) is 11.8 Å². The number of hydrogen-bond acceptors (Lipinski definition) is 3. The first-order valence-corrected chi connectivity index (χ1v) is 8.35. The quantitative estimate of drug-likeness (QED) is 0.875. The molecule has 1 aliphatic heterocycles. The molecular weight excluding hydrogens is 234 g/mol. The van der Waals surface area contributed by atoms with Crippen molar-refractivity contribution in [3.8, 4) is 0 Å². The number of benzene rings is 1. The molecule has 0 bridgehead atoms. The fraction of sp³-hybridized carbons (Fsp3) is 0.538. The normalized spacial score (nSPS) is 20.7. The van der Waals surface area contributed by atoms with Crippen molar-refractivity contribution in [3.05, 3.63) is 29.8 Å². The van der Waals surface area contributed by atoms with Crippen molar-refractivity contribution in [2.45, 2.75) is 24.6 Å². The molecule has 1 aromatic rings. The van der Waals surface area contributed by atoms with Crippen molar-refractivity contribution in [2.75, 3.05) is 23.1 Å². The van der Waals surface area contributed by atoms with Crippen molar-refractivity contribution >= 4 is 29.2 Å². The summed E-state index contributed by atoms with van der Waals surface area (Å²) in [7, 11) is 0. The van der Waals surface area contributed by atoms with Gasteiger partial charge in [0.25, 0.3) is 0 Å². The van der Waals surface area contributed by atoms with Crippen LogP contribution in [0.4, 0.5) is 5.69 Å². The zero-order valence-electron chi connectivity index (χ0n) is 9.74. The van der Waals surface area contributed by atoms with Gasteiger partial charge in [0.05, 0.1) is 0 Å². The summed E-state index contributed by atoms with van der Waals surface area (Å²) in [5, 5.41) is 3.62. The van der Waals surface area contributed by atoms with Crippen LogP contribution in [0.5, 0.6) is 0 Å². The lowest BCUT2D eigenvalue weighted by molar-refractivity contribution is 0.685. The van der Waals surface area contributed by atoms with Crippen LogP contribution in [0, 0.1) is 0 Å². The van der Waals surface area contributed by atoms with E-state index in [9.17, 15) is 0 Å². The highest BCUT2D eigenvalue weighted by Crippen LogP contribution is 2.21. The number of thioether (sulfide) groups is 2. The van der Waals surface area contributed by atoms with Gasteiger partial charge in [0.2, 0.25) is 0 Å². The van der Waals surface area contributed by atoms with Crippen LogP contribution < -0.4 is 5.32 Å². The molecule has 1 nitrogen and oxygen atoms in total. The Morgan fingerprint density at radius 3 is 2.81 bits per heavy atom. The molecule has 0 aromatic heterocycles. The molecule has 1 atom stereocenters. The summed E-state index contributed by atoms with van der Waals surface area (Å²) in [4.78, 5) is 0. The lowest BCUT2D eigenvalue weighted by Gasteiger charge is -2.23. The fourth-order valence-corrected chi connectivity index (χ4v) is 3.55. The Bertz CT molecular complexity index is 304. The summed E-state index contributed by atoms with van der Waals surface area (Å²) in [6.07, 6.45) is 4.82. The molecule has 1 N–H and O–H groups in total. The van der Waals surface area contributed by atoms with E-state index in [1.54, 1.807) is 0 Å². The summed E-state index contributed by atoms with van der Waals surface area (Å²) >= 11 is 3.94. The van der Waals surface area contributed by atoms with E-state index in [2.05, 4.69) is 47.6 Å². The molecule has 3 heteroatoms. The van der Waals surface area contributed by atoms with Crippen LogP contribution in [-0.4, -0.2) is 23.8 Å². The summed E-state index contributed by atoms with van der Waals surface area (Å²) in [6, 6.07) is 9.56. The average Bonchev–Trinajstić information content (AvgIpc) is 2.33. The molecule has 1 unspecified atom stereocenters. The lowest BCUT2D eigenvalue weighted by atomic mass is 10.1. The van der Waals surface area contributed by atoms with Crippen LogP contribution in [-0.2, 0) is 5.75 Å². The van der Waals surface area contributed by atoms with Crippen molar-refractivity contribution in [3.63, 3.8) is 0 Å². The highest BCUT2D eigenvalue weighted by molar-refractivity contribution is 7.99. The molecule has 0 spiro atoms. The minimum absolute atomic E-state index is 0.671. The molecule has 1 fully saturated rings. The molecule has 1 aromatic carbocycles. The zero-order valence-corrected chi connectivity index (χ0v) is 11.4. The number of hydrogen-bond donors (Lipinski definition) is 1. The summed E-state index contributed by atoms with van der Waals surface area (Å²) in [6.45, 7) is 0. The van der Waals surface area contributed by atoms with E-state index in [0.717, 1.165) is 5.75 Å². The van der Waals surface area contributed by atoms with Gasteiger partial charge in [0.15, 0.2) is 0 Å². The van der Waals surface area contributed by atoms with E-state index in [4.69, 9.17) is 0 Å². The smallest absolute Gasteiger partial charge is 0.0352 e. The zero-order chi connectivity index (χ0) is 11.2. The molecule has 0 amide bonds. The maximum absolute atomic E-state index is 3.62. The van der Waals surface area contributed by atoms with Crippen LogP contribution in [0.1, 0.15) is 18.4 Å². The van der Waals surface area contributed by atoms with Crippen LogP contribution in [0.15, 0.2) is 24.3 Å². The summed E-state index contributed by atoms with van der Waals surface area (Å²) in [5.74, 6) is 3.71. The second kappa shape index (κ2) is 6.45. The molecule has 1 aliphatic rings.